The van der Waals surface area contributed by atoms with Gasteiger partial charge in [-0.2, -0.15) is 30.7 Å². The number of anilines is 1. The van der Waals surface area contributed by atoms with Crippen molar-refractivity contribution in [2.75, 3.05) is 11.4 Å². The molecule has 0 saturated heterocycles. The van der Waals surface area contributed by atoms with Gasteiger partial charge in [0, 0.05) is 17.6 Å². The number of hydrogen-bond donors (Lipinski definition) is 0. The van der Waals surface area contributed by atoms with E-state index >= 15 is 0 Å². The molecule has 1 aliphatic rings. The average Bonchev–Trinajstić information content (AvgIpc) is 2.84. The lowest BCUT2D eigenvalue weighted by molar-refractivity contribution is -0.253. The van der Waals surface area contributed by atoms with Crippen LogP contribution in [0.2, 0.25) is 5.02 Å². The summed E-state index contributed by atoms with van der Waals surface area (Å²) in [5.41, 5.74) is 1.36. The topological polar surface area (TPSA) is 30.9 Å². The highest BCUT2D eigenvalue weighted by atomic mass is 35.5. The van der Waals surface area contributed by atoms with E-state index in [0.29, 0.717) is 22.9 Å². The lowest BCUT2D eigenvalue weighted by Crippen LogP contribution is -2.47. The summed E-state index contributed by atoms with van der Waals surface area (Å²) in [4.78, 5) is 1.34. The molecule has 4 rings (SSSR count). The first-order valence-electron chi connectivity index (χ1n) is 11.4. The molecule has 0 spiro atoms. The average molecular weight is 564 g/mol. The zero-order valence-corrected chi connectivity index (χ0v) is 20.5. The van der Waals surface area contributed by atoms with Crippen LogP contribution in [0.3, 0.4) is 0 Å². The van der Waals surface area contributed by atoms with Crippen molar-refractivity contribution >= 4 is 17.3 Å². The predicted octanol–water partition coefficient (Wildman–Crippen LogP) is 8.26. The smallest absolute Gasteiger partial charge is 0.461 e. The number of rotatable bonds is 8. The largest absolute Gasteiger partial charge is 0.477 e. The molecule has 1 atom stereocenters. The number of alkyl halides is 7. The van der Waals surface area contributed by atoms with Gasteiger partial charge in [-0.15, -0.1) is 0 Å². The quantitative estimate of drug-likeness (QED) is 0.258. The third-order valence-corrected chi connectivity index (χ3v) is 6.07. The van der Waals surface area contributed by atoms with E-state index in [4.69, 9.17) is 21.1 Å². The van der Waals surface area contributed by atoms with Crippen LogP contribution >= 0.6 is 11.6 Å². The number of hydrogen-bond acceptors (Lipinski definition) is 4. The zero-order chi connectivity index (χ0) is 27.7. The lowest BCUT2D eigenvalue weighted by atomic mass is 10.1. The third-order valence-electron chi connectivity index (χ3n) is 5.71. The van der Waals surface area contributed by atoms with Crippen molar-refractivity contribution in [2.24, 2.45) is 0 Å². The van der Waals surface area contributed by atoms with E-state index in [9.17, 15) is 30.7 Å². The van der Waals surface area contributed by atoms with Gasteiger partial charge in [-0.3, -0.25) is 0 Å². The lowest BCUT2D eigenvalue weighted by Gasteiger charge is -2.37. The molecule has 1 heterocycles. The van der Waals surface area contributed by atoms with Gasteiger partial charge < -0.3 is 19.1 Å². The Morgan fingerprint density at radius 1 is 0.974 bits per heavy atom. The van der Waals surface area contributed by atoms with E-state index in [2.05, 4.69) is 4.74 Å². The molecule has 204 valence electrons. The van der Waals surface area contributed by atoms with Gasteiger partial charge in [0.2, 0.25) is 6.10 Å². The molecule has 0 radical (unpaired) electrons. The standard InChI is InChI=1S/C26H21ClF7NO3/c1-2-16-11-17(6-8-20(16)27)36-18-7-9-22-21(12-18)35(14-23(37-22)25(30,31)32)13-15-4-3-5-19(10-15)38-26(33,34)24(28)29/h3-12,23-24H,2,13-14H2,1H3. The van der Waals surface area contributed by atoms with Crippen LogP contribution in [0.15, 0.2) is 60.7 Å². The van der Waals surface area contributed by atoms with Crippen LogP contribution in [0.25, 0.3) is 0 Å². The molecule has 0 fully saturated rings. The number of halogens is 8. The molecule has 4 nitrogen and oxygen atoms in total. The van der Waals surface area contributed by atoms with Crippen LogP contribution in [0, 0.1) is 0 Å². The van der Waals surface area contributed by atoms with Gasteiger partial charge in [-0.25, -0.2) is 0 Å². The maximum Gasteiger partial charge on any atom is 0.461 e. The van der Waals surface area contributed by atoms with Crippen LogP contribution < -0.4 is 19.1 Å². The van der Waals surface area contributed by atoms with Crippen LogP contribution in [-0.4, -0.2) is 31.4 Å². The van der Waals surface area contributed by atoms with E-state index in [-0.39, 0.29) is 23.5 Å². The Kier molecular flexibility index (Phi) is 7.87. The third kappa shape index (κ3) is 6.38. The monoisotopic (exact) mass is 563 g/mol. The first-order valence-corrected chi connectivity index (χ1v) is 11.8. The summed E-state index contributed by atoms with van der Waals surface area (Å²) in [6.07, 6.45) is -15.0. The zero-order valence-electron chi connectivity index (χ0n) is 19.7. The summed E-state index contributed by atoms with van der Waals surface area (Å²) in [5.74, 6) is 0.154. The van der Waals surface area contributed by atoms with E-state index < -0.39 is 37.1 Å². The molecule has 1 unspecified atom stereocenters. The maximum absolute atomic E-state index is 13.6. The second-order valence-electron chi connectivity index (χ2n) is 8.48. The van der Waals surface area contributed by atoms with Crippen LogP contribution in [0.1, 0.15) is 18.1 Å². The Morgan fingerprint density at radius 3 is 2.37 bits per heavy atom. The van der Waals surface area contributed by atoms with Crippen molar-refractivity contribution in [3.8, 4) is 23.0 Å². The fraction of sp³-hybridized carbons (Fsp3) is 0.308. The molecule has 0 aromatic heterocycles. The normalized spacial score (nSPS) is 15.7. The summed E-state index contributed by atoms with van der Waals surface area (Å²) in [5, 5.41) is 0.570. The van der Waals surface area contributed by atoms with Crippen LogP contribution in [0.4, 0.5) is 36.4 Å². The molecule has 3 aromatic rings. The minimum atomic E-state index is -4.73. The Bertz CT molecular complexity index is 1290. The maximum atomic E-state index is 13.6. The fourth-order valence-corrected chi connectivity index (χ4v) is 4.12. The van der Waals surface area contributed by atoms with Crippen molar-refractivity contribution in [3.63, 3.8) is 0 Å². The van der Waals surface area contributed by atoms with Gasteiger partial charge in [0.1, 0.15) is 23.0 Å². The first kappa shape index (κ1) is 27.7. The molecule has 0 N–H and O–H groups in total. The first-order chi connectivity index (χ1) is 17.9. The molecule has 0 aliphatic carbocycles. The molecule has 38 heavy (non-hydrogen) atoms. The highest BCUT2D eigenvalue weighted by Gasteiger charge is 2.46. The Hall–Kier alpha value is -3.34. The molecular formula is C26H21ClF7NO3. The van der Waals surface area contributed by atoms with Crippen molar-refractivity contribution < 1.29 is 44.9 Å². The van der Waals surface area contributed by atoms with Crippen LogP contribution in [0.5, 0.6) is 23.0 Å². The molecule has 3 aromatic carbocycles. The minimum Gasteiger partial charge on any atom is -0.477 e. The minimum absolute atomic E-state index is 0.0621. The van der Waals surface area contributed by atoms with Gasteiger partial charge in [-0.05, 0) is 60.0 Å². The number of benzene rings is 3. The van der Waals surface area contributed by atoms with Gasteiger partial charge >= 0.3 is 18.7 Å². The van der Waals surface area contributed by atoms with Gasteiger partial charge in [0.15, 0.2) is 0 Å². The Morgan fingerprint density at radius 2 is 1.68 bits per heavy atom. The Labute approximate surface area is 218 Å². The second kappa shape index (κ2) is 10.8. The number of ether oxygens (including phenoxy) is 3. The molecule has 0 amide bonds. The van der Waals surface area contributed by atoms with Crippen molar-refractivity contribution in [3.05, 3.63) is 76.8 Å². The van der Waals surface area contributed by atoms with E-state index in [1.807, 2.05) is 6.92 Å². The number of aryl methyl sites for hydroxylation is 1. The summed E-state index contributed by atoms with van der Waals surface area (Å²) < 4.78 is 108. The highest BCUT2D eigenvalue weighted by molar-refractivity contribution is 6.31. The molecular weight excluding hydrogens is 543 g/mol. The van der Waals surface area contributed by atoms with Gasteiger partial charge in [-0.1, -0.05) is 30.7 Å². The van der Waals surface area contributed by atoms with E-state index in [1.165, 1.54) is 35.2 Å². The summed E-state index contributed by atoms with van der Waals surface area (Å²) in [6.45, 7) is 1.12. The molecule has 0 saturated carbocycles. The predicted molar refractivity (Wildman–Crippen MR) is 127 cm³/mol. The number of fused-ring (bicyclic) bond motifs is 1. The van der Waals surface area contributed by atoms with Gasteiger partial charge in [0.05, 0.1) is 12.2 Å². The van der Waals surface area contributed by atoms with Crippen LogP contribution in [-0.2, 0) is 13.0 Å². The number of nitrogens with zero attached hydrogens (tertiary/aromatic N) is 1. The van der Waals surface area contributed by atoms with Gasteiger partial charge in [0.25, 0.3) is 0 Å². The van der Waals surface area contributed by atoms with Crippen molar-refractivity contribution in [1.29, 1.82) is 0 Å². The van der Waals surface area contributed by atoms with Crippen molar-refractivity contribution in [1.82, 2.24) is 0 Å². The molecule has 0 bridgehead atoms. The molecule has 12 heteroatoms. The summed E-state index contributed by atoms with van der Waals surface area (Å²) in [7, 11) is 0. The SMILES string of the molecule is CCc1cc(Oc2ccc3c(c2)N(Cc2cccc(OC(F)(F)C(F)F)c2)CC(C(F)(F)F)O3)ccc1Cl. The Balaban J connectivity index is 1.63. The highest BCUT2D eigenvalue weighted by Crippen LogP contribution is 2.42. The summed E-state index contributed by atoms with van der Waals surface area (Å²) >= 11 is 6.14. The van der Waals surface area contributed by atoms with Crippen molar-refractivity contribution in [2.45, 2.75) is 44.7 Å². The fourth-order valence-electron chi connectivity index (χ4n) is 3.87. The van der Waals surface area contributed by atoms with E-state index in [0.717, 1.165) is 17.7 Å². The summed E-state index contributed by atoms with van der Waals surface area (Å²) in [6, 6.07) is 14.2. The second-order valence-corrected chi connectivity index (χ2v) is 8.89. The molecule has 1 aliphatic heterocycles. The van der Waals surface area contributed by atoms with E-state index in [1.54, 1.807) is 18.2 Å².